The van der Waals surface area contributed by atoms with Crippen molar-refractivity contribution in [3.05, 3.63) is 0 Å². The second-order valence-electron chi connectivity index (χ2n) is 7.54. The van der Waals surface area contributed by atoms with Crippen molar-refractivity contribution < 1.29 is 124 Å². The van der Waals surface area contributed by atoms with Crippen molar-refractivity contribution in [2.45, 2.75) is 73.2 Å². The molecule has 0 aliphatic rings. The molecule has 0 aliphatic heterocycles. The molecule has 0 radical (unpaired) electrons. The third-order valence-corrected chi connectivity index (χ3v) is 4.52. The van der Waals surface area contributed by atoms with E-state index in [1.807, 2.05) is 0 Å². The summed E-state index contributed by atoms with van der Waals surface area (Å²) in [5.41, 5.74) is 0. The molecule has 0 unspecified atom stereocenters. The Morgan fingerprint density at radius 3 is 0.625 bits per heavy atom. The van der Waals surface area contributed by atoms with E-state index in [9.17, 15) is 14.4 Å². The van der Waals surface area contributed by atoms with Crippen LogP contribution in [0, 0.1) is 0 Å². The summed E-state index contributed by atoms with van der Waals surface area (Å²) in [4.78, 5) is 30.3. The molecule has 0 spiro atoms. The Bertz CT molecular complexity index is 608. The predicted molar refractivity (Wildman–Crippen MR) is 116 cm³/mol. The predicted octanol–water partition coefficient (Wildman–Crippen LogP) is -10.5. The fraction of sp³-hybridized carbons (Fsp3) is 0.833. The minimum absolute atomic E-state index is 0. The zero-order valence-corrected chi connectivity index (χ0v) is 21.5. The fourth-order valence-electron chi connectivity index (χ4n) is 2.01. The molecule has 0 aromatic rings. The van der Waals surface area contributed by atoms with Gasteiger partial charge in [0.15, 0.2) is 18.3 Å². The van der Waals surface area contributed by atoms with Crippen LogP contribution in [0.25, 0.3) is 0 Å². The molecule has 0 bridgehead atoms. The Morgan fingerprint density at radius 1 is 0.375 bits per heavy atom. The molecule has 0 heterocycles. The molecule has 40 heavy (non-hydrogen) atoms. The molecule has 0 fully saturated rings. The number of aliphatic hydroxyl groups excluding tert-OH is 15. The Labute approximate surface area is 235 Å². The molecular weight excluding hydrogens is 604 g/mol. The molecule has 18 N–H and O–H groups in total. The van der Waals surface area contributed by atoms with Crippen molar-refractivity contribution in [3.8, 4) is 0 Å². The van der Waals surface area contributed by atoms with Crippen LogP contribution in [0.2, 0.25) is 0 Å². The van der Waals surface area contributed by atoms with Crippen molar-refractivity contribution >= 4 is 17.9 Å². The number of carboxylic acids is 3. The molecular formula is C18H36CrO21. The Hall–Kier alpha value is -1.66. The van der Waals surface area contributed by atoms with Crippen LogP contribution in [-0.2, 0) is 31.7 Å². The summed E-state index contributed by atoms with van der Waals surface area (Å²) in [7, 11) is 0. The molecule has 12 atom stereocenters. The van der Waals surface area contributed by atoms with Gasteiger partial charge in [0, 0.05) is 17.4 Å². The first-order chi connectivity index (χ1) is 17.7. The summed E-state index contributed by atoms with van der Waals surface area (Å²) in [6.07, 6.45) is -23.5. The van der Waals surface area contributed by atoms with Gasteiger partial charge in [-0.1, -0.05) is 0 Å². The first-order valence-corrected chi connectivity index (χ1v) is 10.4. The number of hydrogen-bond acceptors (Lipinski definition) is 18. The van der Waals surface area contributed by atoms with Gasteiger partial charge in [0.25, 0.3) is 0 Å². The van der Waals surface area contributed by atoms with Crippen LogP contribution < -0.4 is 0 Å². The smallest absolute Gasteiger partial charge is 0.335 e. The van der Waals surface area contributed by atoms with Gasteiger partial charge in [-0.15, -0.1) is 0 Å². The van der Waals surface area contributed by atoms with E-state index in [1.54, 1.807) is 0 Å². The molecule has 0 aromatic carbocycles. The molecule has 0 rings (SSSR count). The van der Waals surface area contributed by atoms with Crippen LogP contribution in [0.15, 0.2) is 0 Å². The van der Waals surface area contributed by atoms with Gasteiger partial charge < -0.3 is 91.9 Å². The van der Waals surface area contributed by atoms with Crippen molar-refractivity contribution in [2.24, 2.45) is 0 Å². The number of hydrogen-bond donors (Lipinski definition) is 18. The molecule has 0 saturated carbocycles. The number of carbonyl (C=O) groups is 3. The summed E-state index contributed by atoms with van der Waals surface area (Å²) < 4.78 is 0. The molecule has 240 valence electrons. The van der Waals surface area contributed by atoms with Crippen molar-refractivity contribution in [1.29, 1.82) is 0 Å². The minimum Gasteiger partial charge on any atom is -0.479 e. The largest absolute Gasteiger partial charge is 0.479 e. The SMILES string of the molecule is O=C(O)[C@H](O)[C@@H](O)[C@H](O)[C@H](O)CO.O=C(O)[C@H](O)[C@@H](O)[C@H](O)[C@H](O)CO.O=C(O)[C@H](O)[C@@H](O)[C@H](O)[C@H](O)CO.[Cr]. The monoisotopic (exact) mass is 640 g/mol. The van der Waals surface area contributed by atoms with E-state index >= 15 is 0 Å². The van der Waals surface area contributed by atoms with Crippen LogP contribution >= 0.6 is 0 Å². The van der Waals surface area contributed by atoms with Gasteiger partial charge in [0.1, 0.15) is 54.9 Å². The van der Waals surface area contributed by atoms with E-state index < -0.39 is 111 Å². The summed E-state index contributed by atoms with van der Waals surface area (Å²) in [5, 5.41) is 155. The first kappa shape index (κ1) is 45.3. The third kappa shape index (κ3) is 16.6. The van der Waals surface area contributed by atoms with Crippen LogP contribution in [0.3, 0.4) is 0 Å². The number of rotatable bonds is 15. The van der Waals surface area contributed by atoms with E-state index in [1.165, 1.54) is 0 Å². The van der Waals surface area contributed by atoms with E-state index in [0.717, 1.165) is 0 Å². The molecule has 0 saturated heterocycles. The van der Waals surface area contributed by atoms with Gasteiger partial charge in [0.05, 0.1) is 19.8 Å². The van der Waals surface area contributed by atoms with Gasteiger partial charge in [-0.3, -0.25) is 0 Å². The van der Waals surface area contributed by atoms with Gasteiger partial charge in [0.2, 0.25) is 0 Å². The second-order valence-corrected chi connectivity index (χ2v) is 7.54. The van der Waals surface area contributed by atoms with Crippen LogP contribution in [0.5, 0.6) is 0 Å². The molecule has 0 aliphatic carbocycles. The standard InChI is InChI=1S/3C6H12O7.Cr/c3*7-1-2(8)3(9)4(10)5(11)6(12)13;/h3*2-5,7-11H,1H2,(H,12,13);/t3*2-,3-,4+,5-;/m111./s1. The van der Waals surface area contributed by atoms with E-state index in [-0.39, 0.29) is 17.4 Å². The van der Waals surface area contributed by atoms with Crippen LogP contribution in [0.1, 0.15) is 0 Å². The normalized spacial score (nSPS) is 19.9. The zero-order valence-electron chi connectivity index (χ0n) is 20.2. The topological polar surface area (TPSA) is 415 Å². The Balaban J connectivity index is -0.000000240. The summed E-state index contributed by atoms with van der Waals surface area (Å²) in [6.45, 7) is -2.53. The summed E-state index contributed by atoms with van der Waals surface area (Å²) in [5.74, 6) is -5.18. The number of aliphatic hydroxyl groups is 15. The molecule has 0 amide bonds. The zero-order chi connectivity index (χ0) is 31.8. The second kappa shape index (κ2) is 23.0. The fourth-order valence-corrected chi connectivity index (χ4v) is 2.01. The Morgan fingerprint density at radius 2 is 0.525 bits per heavy atom. The summed E-state index contributed by atoms with van der Waals surface area (Å²) >= 11 is 0. The average Bonchev–Trinajstić information content (AvgIpc) is 2.92. The van der Waals surface area contributed by atoms with Crippen molar-refractivity contribution in [3.63, 3.8) is 0 Å². The maximum absolute atomic E-state index is 10.1. The van der Waals surface area contributed by atoms with Crippen molar-refractivity contribution in [2.75, 3.05) is 19.8 Å². The molecule has 22 heteroatoms. The van der Waals surface area contributed by atoms with Crippen LogP contribution in [0.4, 0.5) is 0 Å². The molecule has 21 nitrogen and oxygen atoms in total. The van der Waals surface area contributed by atoms with Gasteiger partial charge in [-0.2, -0.15) is 0 Å². The maximum Gasteiger partial charge on any atom is 0.335 e. The Kier molecular flexibility index (Phi) is 26.0. The minimum atomic E-state index is -2.20. The van der Waals surface area contributed by atoms with Gasteiger partial charge in [-0.25, -0.2) is 14.4 Å². The maximum atomic E-state index is 10.1. The van der Waals surface area contributed by atoms with Gasteiger partial charge in [-0.05, 0) is 0 Å². The molecule has 0 aromatic heterocycles. The van der Waals surface area contributed by atoms with Crippen LogP contribution in [-0.4, -0.2) is 203 Å². The van der Waals surface area contributed by atoms with E-state index in [2.05, 4.69) is 0 Å². The average molecular weight is 640 g/mol. The van der Waals surface area contributed by atoms with Gasteiger partial charge >= 0.3 is 17.9 Å². The third-order valence-electron chi connectivity index (χ3n) is 4.52. The van der Waals surface area contributed by atoms with E-state index in [4.69, 9.17) is 91.9 Å². The number of carboxylic acid groups (broad SMARTS) is 3. The number of aliphatic carboxylic acids is 3. The quantitative estimate of drug-likeness (QED) is 0.0789. The van der Waals surface area contributed by atoms with E-state index in [0.29, 0.717) is 0 Å². The first-order valence-electron chi connectivity index (χ1n) is 10.4. The summed E-state index contributed by atoms with van der Waals surface area (Å²) in [6, 6.07) is 0. The van der Waals surface area contributed by atoms with Crippen molar-refractivity contribution in [1.82, 2.24) is 0 Å².